The molecule has 4 rings (SSSR count). The molecule has 19 heavy (non-hydrogen) atoms. The smallest absolute Gasteiger partial charge is 0.116 e. The van der Waals surface area contributed by atoms with Crippen LogP contribution in [0.25, 0.3) is 32.6 Å². The molecule has 3 nitrogen and oxygen atoms in total. The van der Waals surface area contributed by atoms with Crippen LogP contribution in [0.3, 0.4) is 0 Å². The van der Waals surface area contributed by atoms with E-state index in [4.69, 9.17) is 0 Å². The number of fused-ring (bicyclic) bond motifs is 5. The number of pyridine rings is 1. The lowest BCUT2D eigenvalue weighted by molar-refractivity contribution is 0.476. The molecule has 0 unspecified atom stereocenters. The Morgan fingerprint density at radius 1 is 1.05 bits per heavy atom. The van der Waals surface area contributed by atoms with E-state index in [2.05, 4.69) is 23.0 Å². The zero-order valence-corrected chi connectivity index (χ0v) is 10.4. The van der Waals surface area contributed by atoms with Gasteiger partial charge in [-0.2, -0.15) is 0 Å². The van der Waals surface area contributed by atoms with Crippen LogP contribution in [0.5, 0.6) is 5.75 Å². The molecule has 0 fully saturated rings. The lowest BCUT2D eigenvalue weighted by Gasteiger charge is -2.01. The van der Waals surface area contributed by atoms with Crippen LogP contribution in [0.1, 0.15) is 5.56 Å². The van der Waals surface area contributed by atoms with Gasteiger partial charge >= 0.3 is 0 Å². The van der Waals surface area contributed by atoms with Gasteiger partial charge in [-0.3, -0.25) is 4.98 Å². The minimum absolute atomic E-state index is 0.293. The first-order valence-electron chi connectivity index (χ1n) is 6.22. The maximum Gasteiger partial charge on any atom is 0.116 e. The van der Waals surface area contributed by atoms with Crippen LogP contribution in [0.4, 0.5) is 0 Å². The molecular weight excluding hydrogens is 236 g/mol. The first-order chi connectivity index (χ1) is 9.24. The van der Waals surface area contributed by atoms with Gasteiger partial charge in [-0.15, -0.1) is 0 Å². The van der Waals surface area contributed by atoms with E-state index in [1.54, 1.807) is 12.1 Å². The third kappa shape index (κ3) is 1.35. The van der Waals surface area contributed by atoms with E-state index in [0.717, 1.165) is 32.8 Å². The summed E-state index contributed by atoms with van der Waals surface area (Å²) in [6, 6.07) is 9.55. The van der Waals surface area contributed by atoms with Crippen molar-refractivity contribution in [2.45, 2.75) is 6.92 Å². The minimum atomic E-state index is 0.293. The van der Waals surface area contributed by atoms with Gasteiger partial charge in [-0.25, -0.2) is 0 Å². The molecule has 4 aromatic rings. The fraction of sp³-hybridized carbons (Fsp3) is 0.0625. The van der Waals surface area contributed by atoms with Crippen molar-refractivity contribution in [1.82, 2.24) is 9.97 Å². The van der Waals surface area contributed by atoms with Crippen LogP contribution in [0.15, 0.2) is 42.7 Å². The van der Waals surface area contributed by atoms with Crippen molar-refractivity contribution in [3.05, 3.63) is 48.3 Å². The largest absolute Gasteiger partial charge is 0.508 e. The summed E-state index contributed by atoms with van der Waals surface area (Å²) in [5.41, 5.74) is 3.37. The van der Waals surface area contributed by atoms with Gasteiger partial charge in [0.2, 0.25) is 0 Å². The number of nitrogens with zero attached hydrogens (tertiary/aromatic N) is 1. The Hall–Kier alpha value is -2.55. The number of H-pyrrole nitrogens is 1. The topological polar surface area (TPSA) is 48.9 Å². The fourth-order valence-corrected chi connectivity index (χ4v) is 2.77. The van der Waals surface area contributed by atoms with Crippen molar-refractivity contribution in [2.24, 2.45) is 0 Å². The van der Waals surface area contributed by atoms with Crippen LogP contribution in [-0.4, -0.2) is 15.1 Å². The van der Waals surface area contributed by atoms with Gasteiger partial charge in [0.25, 0.3) is 0 Å². The van der Waals surface area contributed by atoms with Crippen molar-refractivity contribution in [3.63, 3.8) is 0 Å². The Morgan fingerprint density at radius 3 is 2.84 bits per heavy atom. The van der Waals surface area contributed by atoms with E-state index in [1.165, 1.54) is 5.39 Å². The first-order valence-corrected chi connectivity index (χ1v) is 6.22. The molecule has 2 N–H and O–H groups in total. The van der Waals surface area contributed by atoms with E-state index in [9.17, 15) is 5.11 Å². The standard InChI is InChI=1S/C16H12N2O/c1-9-7-17-8-13-15-12-4-3-11(19)6-10(12)2-5-14(15)18-16(9)13/h2-8,18-19H,1H3. The molecule has 0 aliphatic heterocycles. The number of aromatic nitrogens is 2. The number of rotatable bonds is 0. The predicted molar refractivity (Wildman–Crippen MR) is 77.5 cm³/mol. The summed E-state index contributed by atoms with van der Waals surface area (Å²) < 4.78 is 0. The molecule has 92 valence electrons. The molecule has 0 spiro atoms. The summed E-state index contributed by atoms with van der Waals surface area (Å²) in [6.07, 6.45) is 3.76. The molecule has 2 aromatic carbocycles. The maximum absolute atomic E-state index is 9.59. The average molecular weight is 248 g/mol. The summed E-state index contributed by atoms with van der Waals surface area (Å²) in [7, 11) is 0. The quantitative estimate of drug-likeness (QED) is 0.496. The number of phenols is 1. The Balaban J connectivity index is 2.32. The summed E-state index contributed by atoms with van der Waals surface area (Å²) in [5.74, 6) is 0.293. The van der Waals surface area contributed by atoms with Gasteiger partial charge in [0.05, 0.1) is 5.52 Å². The van der Waals surface area contributed by atoms with Crippen LogP contribution in [0.2, 0.25) is 0 Å². The molecule has 0 saturated heterocycles. The van der Waals surface area contributed by atoms with E-state index in [-0.39, 0.29) is 0 Å². The van der Waals surface area contributed by atoms with Gasteiger partial charge in [0.15, 0.2) is 0 Å². The molecule has 2 heterocycles. The van der Waals surface area contributed by atoms with E-state index >= 15 is 0 Å². The van der Waals surface area contributed by atoms with Gasteiger partial charge < -0.3 is 10.1 Å². The van der Waals surface area contributed by atoms with E-state index in [1.807, 2.05) is 24.5 Å². The molecule has 0 aliphatic rings. The fourth-order valence-electron chi connectivity index (χ4n) is 2.77. The second-order valence-electron chi connectivity index (χ2n) is 4.90. The Bertz CT molecular complexity index is 938. The van der Waals surface area contributed by atoms with Crippen molar-refractivity contribution in [3.8, 4) is 5.75 Å². The number of aromatic amines is 1. The molecule has 0 bridgehead atoms. The zero-order valence-electron chi connectivity index (χ0n) is 10.4. The lowest BCUT2D eigenvalue weighted by Crippen LogP contribution is -1.78. The van der Waals surface area contributed by atoms with E-state index < -0.39 is 0 Å². The minimum Gasteiger partial charge on any atom is -0.508 e. The number of hydrogen-bond donors (Lipinski definition) is 2. The van der Waals surface area contributed by atoms with Crippen molar-refractivity contribution in [2.75, 3.05) is 0 Å². The van der Waals surface area contributed by atoms with Gasteiger partial charge in [0, 0.05) is 28.7 Å². The highest BCUT2D eigenvalue weighted by Gasteiger charge is 2.09. The third-order valence-corrected chi connectivity index (χ3v) is 3.67. The Kier molecular flexibility index (Phi) is 1.90. The average Bonchev–Trinajstić information content (AvgIpc) is 2.79. The van der Waals surface area contributed by atoms with Gasteiger partial charge in [0.1, 0.15) is 5.75 Å². The maximum atomic E-state index is 9.59. The number of hydrogen-bond acceptors (Lipinski definition) is 2. The van der Waals surface area contributed by atoms with Crippen LogP contribution in [0, 0.1) is 6.92 Å². The number of benzene rings is 2. The van der Waals surface area contributed by atoms with Gasteiger partial charge in [-0.1, -0.05) is 12.1 Å². The Labute approximate surface area is 109 Å². The zero-order chi connectivity index (χ0) is 13.0. The molecular formula is C16H12N2O. The first kappa shape index (κ1) is 10.4. The molecule has 0 amide bonds. The monoisotopic (exact) mass is 248 g/mol. The summed E-state index contributed by atoms with van der Waals surface area (Å²) in [4.78, 5) is 7.74. The van der Waals surface area contributed by atoms with Crippen molar-refractivity contribution < 1.29 is 5.11 Å². The highest BCUT2D eigenvalue weighted by atomic mass is 16.3. The second-order valence-corrected chi connectivity index (χ2v) is 4.90. The number of phenolic OH excluding ortho intramolecular Hbond substituents is 1. The van der Waals surface area contributed by atoms with Crippen LogP contribution in [-0.2, 0) is 0 Å². The normalized spacial score (nSPS) is 11.6. The molecule has 0 radical (unpaired) electrons. The van der Waals surface area contributed by atoms with Crippen LogP contribution < -0.4 is 0 Å². The third-order valence-electron chi connectivity index (χ3n) is 3.67. The molecule has 0 aliphatic carbocycles. The SMILES string of the molecule is Cc1cncc2c1[nH]c1ccc3cc(O)ccc3c12. The number of aromatic hydroxyl groups is 1. The van der Waals surface area contributed by atoms with Crippen LogP contribution >= 0.6 is 0 Å². The van der Waals surface area contributed by atoms with Crippen molar-refractivity contribution in [1.29, 1.82) is 0 Å². The summed E-state index contributed by atoms with van der Waals surface area (Å²) in [6.45, 7) is 2.05. The van der Waals surface area contributed by atoms with E-state index in [0.29, 0.717) is 5.75 Å². The summed E-state index contributed by atoms with van der Waals surface area (Å²) in [5, 5.41) is 14.1. The number of aryl methyl sites for hydroxylation is 1. The highest BCUT2D eigenvalue weighted by molar-refractivity contribution is 6.20. The highest BCUT2D eigenvalue weighted by Crippen LogP contribution is 2.33. The number of nitrogens with one attached hydrogen (secondary N) is 1. The molecule has 2 aromatic heterocycles. The van der Waals surface area contributed by atoms with Crippen molar-refractivity contribution >= 4 is 32.6 Å². The molecule has 3 heteroatoms. The van der Waals surface area contributed by atoms with Gasteiger partial charge in [-0.05, 0) is 41.5 Å². The Morgan fingerprint density at radius 2 is 1.95 bits per heavy atom. The predicted octanol–water partition coefficient (Wildman–Crippen LogP) is 3.88. The second kappa shape index (κ2) is 3.48. The summed E-state index contributed by atoms with van der Waals surface area (Å²) >= 11 is 0. The molecule has 0 saturated carbocycles. The lowest BCUT2D eigenvalue weighted by atomic mass is 10.0. The molecule has 0 atom stereocenters.